The van der Waals surface area contributed by atoms with Gasteiger partial charge in [0.2, 0.25) is 0 Å². The van der Waals surface area contributed by atoms with Crippen molar-refractivity contribution < 1.29 is 17.1 Å². The van der Waals surface area contributed by atoms with Gasteiger partial charge in [0.1, 0.15) is 0 Å². The van der Waals surface area contributed by atoms with E-state index in [1.165, 1.54) is 12.8 Å². The molecular formula is C19H39NO4Si3. The van der Waals surface area contributed by atoms with Crippen LogP contribution in [-0.2, 0) is 23.7 Å². The van der Waals surface area contributed by atoms with Crippen molar-refractivity contribution in [3.8, 4) is 0 Å². The van der Waals surface area contributed by atoms with Gasteiger partial charge in [0.05, 0.1) is 6.61 Å². The summed E-state index contributed by atoms with van der Waals surface area (Å²) >= 11 is 0. The van der Waals surface area contributed by atoms with Gasteiger partial charge in [0.25, 0.3) is 0 Å². The molecule has 0 saturated carbocycles. The number of rotatable bonds is 13. The van der Waals surface area contributed by atoms with Gasteiger partial charge in [-0.15, -0.1) is 0 Å². The van der Waals surface area contributed by atoms with Crippen LogP contribution in [0.2, 0.25) is 39.3 Å². The molecule has 1 rings (SSSR count). The largest absolute Gasteiger partial charge is 0.415 e. The first-order valence-electron chi connectivity index (χ1n) is 10.1. The van der Waals surface area contributed by atoms with E-state index in [4.69, 9.17) is 17.1 Å². The van der Waals surface area contributed by atoms with E-state index in [-0.39, 0.29) is 6.10 Å². The van der Waals surface area contributed by atoms with Crippen molar-refractivity contribution in [1.29, 1.82) is 0 Å². The molecule has 0 saturated heterocycles. The third-order valence-electron chi connectivity index (χ3n) is 4.08. The molecule has 0 aliphatic carbocycles. The third kappa shape index (κ3) is 10.7. The number of pyridine rings is 1. The first kappa shape index (κ1) is 24.7. The van der Waals surface area contributed by atoms with Gasteiger partial charge in [-0.2, -0.15) is 0 Å². The Hall–Kier alpha value is -0.359. The molecule has 1 heterocycles. The fourth-order valence-corrected chi connectivity index (χ4v) is 15.2. The van der Waals surface area contributed by atoms with Crippen LogP contribution in [0.15, 0.2) is 24.5 Å². The summed E-state index contributed by atoms with van der Waals surface area (Å²) < 4.78 is 25.5. The van der Waals surface area contributed by atoms with E-state index >= 15 is 0 Å². The first-order chi connectivity index (χ1) is 12.5. The third-order valence-corrected chi connectivity index (χ3v) is 13.7. The van der Waals surface area contributed by atoms with Gasteiger partial charge in [-0.05, 0) is 63.8 Å². The summed E-state index contributed by atoms with van der Waals surface area (Å²) in [5.74, 6) is 0. The SMILES string of the molecule is CCCCC(CC)O[Si](C)(C)O[Si](C)(C)O[Si](C)(C)OCc1cccnc1. The summed E-state index contributed by atoms with van der Waals surface area (Å²) in [6.45, 7) is 17.5. The van der Waals surface area contributed by atoms with Crippen LogP contribution >= 0.6 is 0 Å². The Balaban J connectivity index is 2.60. The standard InChI is InChI=1S/C19H39NO4Si3/c1-9-11-14-19(10-2)22-26(5,6)24-27(7,8)23-25(3,4)21-17-18-13-12-15-20-16-18/h12-13,15-16,19H,9-11,14,17H2,1-8H3. The molecule has 156 valence electrons. The molecule has 0 bridgehead atoms. The molecule has 0 aromatic carbocycles. The zero-order valence-corrected chi connectivity index (χ0v) is 21.5. The maximum atomic E-state index is 6.50. The van der Waals surface area contributed by atoms with Crippen molar-refractivity contribution in [2.75, 3.05) is 0 Å². The minimum Gasteiger partial charge on any atom is -0.415 e. The predicted octanol–water partition coefficient (Wildman–Crippen LogP) is 5.72. The molecule has 1 aromatic rings. The molecule has 0 spiro atoms. The summed E-state index contributed by atoms with van der Waals surface area (Å²) in [4.78, 5) is 4.13. The summed E-state index contributed by atoms with van der Waals surface area (Å²) in [5, 5.41) is 0. The maximum absolute atomic E-state index is 6.50. The lowest BCUT2D eigenvalue weighted by atomic mass is 10.1. The van der Waals surface area contributed by atoms with Gasteiger partial charge in [-0.1, -0.05) is 32.8 Å². The van der Waals surface area contributed by atoms with Gasteiger partial charge < -0.3 is 17.1 Å². The summed E-state index contributed by atoms with van der Waals surface area (Å²) in [6.07, 6.45) is 8.39. The number of hydrogen-bond donors (Lipinski definition) is 0. The van der Waals surface area contributed by atoms with Gasteiger partial charge in [-0.25, -0.2) is 0 Å². The fraction of sp³-hybridized carbons (Fsp3) is 0.737. The van der Waals surface area contributed by atoms with Crippen LogP contribution < -0.4 is 0 Å². The van der Waals surface area contributed by atoms with Gasteiger partial charge in [0.15, 0.2) is 0 Å². The molecule has 8 heteroatoms. The predicted molar refractivity (Wildman–Crippen MR) is 118 cm³/mol. The second-order valence-electron chi connectivity index (χ2n) is 8.34. The van der Waals surface area contributed by atoms with E-state index < -0.39 is 25.7 Å². The Morgan fingerprint density at radius 3 is 2.19 bits per heavy atom. The molecule has 0 aliphatic rings. The molecule has 0 radical (unpaired) electrons. The van der Waals surface area contributed by atoms with Crippen LogP contribution in [0, 0.1) is 0 Å². The summed E-state index contributed by atoms with van der Waals surface area (Å²) in [5.41, 5.74) is 1.06. The topological polar surface area (TPSA) is 49.8 Å². The molecular weight excluding hydrogens is 390 g/mol. The average molecular weight is 430 g/mol. The second-order valence-corrected chi connectivity index (χ2v) is 18.9. The van der Waals surface area contributed by atoms with E-state index in [0.717, 1.165) is 18.4 Å². The Bertz CT molecular complexity index is 541. The Labute approximate surface area is 169 Å². The van der Waals surface area contributed by atoms with Crippen LogP contribution in [0.1, 0.15) is 45.1 Å². The zero-order chi connectivity index (χ0) is 20.6. The minimum atomic E-state index is -2.37. The number of nitrogens with zero attached hydrogens (tertiary/aromatic N) is 1. The quantitative estimate of drug-likeness (QED) is 0.375. The van der Waals surface area contributed by atoms with E-state index in [1.807, 2.05) is 18.3 Å². The van der Waals surface area contributed by atoms with Crippen molar-refractivity contribution in [3.05, 3.63) is 30.1 Å². The normalized spacial score (nSPS) is 14.4. The van der Waals surface area contributed by atoms with E-state index in [2.05, 4.69) is 58.1 Å². The molecule has 0 fully saturated rings. The molecule has 1 atom stereocenters. The highest BCUT2D eigenvalue weighted by atomic mass is 28.5. The van der Waals surface area contributed by atoms with Crippen LogP contribution in [0.25, 0.3) is 0 Å². The van der Waals surface area contributed by atoms with Crippen LogP contribution in [0.4, 0.5) is 0 Å². The van der Waals surface area contributed by atoms with Gasteiger partial charge >= 0.3 is 25.7 Å². The summed E-state index contributed by atoms with van der Waals surface area (Å²) in [7, 11) is -6.95. The van der Waals surface area contributed by atoms with Crippen molar-refractivity contribution in [3.63, 3.8) is 0 Å². The first-order valence-corrected chi connectivity index (χ1v) is 18.5. The van der Waals surface area contributed by atoms with Crippen LogP contribution in [-0.4, -0.2) is 36.8 Å². The average Bonchev–Trinajstić information content (AvgIpc) is 2.55. The van der Waals surface area contributed by atoms with Crippen molar-refractivity contribution in [2.45, 2.75) is 91.5 Å². The van der Waals surface area contributed by atoms with Crippen LogP contribution in [0.3, 0.4) is 0 Å². The van der Waals surface area contributed by atoms with E-state index in [1.54, 1.807) is 6.20 Å². The Morgan fingerprint density at radius 1 is 0.963 bits per heavy atom. The maximum Gasteiger partial charge on any atom is 0.323 e. The molecule has 0 aliphatic heterocycles. The second kappa shape index (κ2) is 11.0. The molecule has 27 heavy (non-hydrogen) atoms. The minimum absolute atomic E-state index is 0.281. The van der Waals surface area contributed by atoms with Crippen molar-refractivity contribution >= 4 is 25.7 Å². The fourth-order valence-electron chi connectivity index (χ4n) is 3.18. The molecule has 1 unspecified atom stereocenters. The molecule has 0 amide bonds. The molecule has 0 N–H and O–H groups in total. The van der Waals surface area contributed by atoms with E-state index in [0.29, 0.717) is 6.61 Å². The highest BCUT2D eigenvalue weighted by molar-refractivity contribution is 6.84. The highest BCUT2D eigenvalue weighted by Gasteiger charge is 2.42. The van der Waals surface area contributed by atoms with Crippen molar-refractivity contribution in [1.82, 2.24) is 4.98 Å². The Kier molecular flexibility index (Phi) is 10.0. The molecule has 5 nitrogen and oxygen atoms in total. The number of hydrogen-bond acceptors (Lipinski definition) is 5. The summed E-state index contributed by atoms with van der Waals surface area (Å²) in [6, 6.07) is 3.94. The van der Waals surface area contributed by atoms with Gasteiger partial charge in [-0.3, -0.25) is 4.98 Å². The number of unbranched alkanes of at least 4 members (excludes halogenated alkanes) is 1. The van der Waals surface area contributed by atoms with Crippen molar-refractivity contribution in [2.24, 2.45) is 0 Å². The lowest BCUT2D eigenvalue weighted by molar-refractivity contribution is 0.132. The molecule has 1 aromatic heterocycles. The highest BCUT2D eigenvalue weighted by Crippen LogP contribution is 2.24. The zero-order valence-electron chi connectivity index (χ0n) is 18.5. The van der Waals surface area contributed by atoms with E-state index in [9.17, 15) is 0 Å². The van der Waals surface area contributed by atoms with Crippen LogP contribution in [0.5, 0.6) is 0 Å². The smallest absolute Gasteiger partial charge is 0.323 e. The monoisotopic (exact) mass is 429 g/mol. The lowest BCUT2D eigenvalue weighted by Crippen LogP contribution is -2.55. The lowest BCUT2D eigenvalue weighted by Gasteiger charge is -2.38. The van der Waals surface area contributed by atoms with Gasteiger partial charge in [0, 0.05) is 18.5 Å². The Morgan fingerprint density at radius 2 is 1.63 bits per heavy atom. The number of aromatic nitrogens is 1.